The average molecular weight is 456 g/mol. The molecule has 8 nitrogen and oxygen atoms in total. The second-order valence-corrected chi connectivity index (χ2v) is 9.47. The maximum atomic E-state index is 12.5. The molecule has 1 atom stereocenters. The van der Waals surface area contributed by atoms with Crippen molar-refractivity contribution in [3.63, 3.8) is 0 Å². The van der Waals surface area contributed by atoms with Crippen LogP contribution in [0.5, 0.6) is 0 Å². The van der Waals surface area contributed by atoms with Crippen LogP contribution in [0.15, 0.2) is 59.5 Å². The van der Waals surface area contributed by atoms with Crippen molar-refractivity contribution in [2.45, 2.75) is 55.6 Å². The number of nitriles is 1. The van der Waals surface area contributed by atoms with E-state index in [9.17, 15) is 23.3 Å². The second kappa shape index (κ2) is 9.83. The summed E-state index contributed by atoms with van der Waals surface area (Å²) in [5.41, 5.74) is -0.391. The molecule has 0 saturated heterocycles. The predicted octanol–water partition coefficient (Wildman–Crippen LogP) is 3.38. The first-order chi connectivity index (χ1) is 15.2. The molecule has 1 saturated carbocycles. The molecule has 2 N–H and O–H groups in total. The lowest BCUT2D eigenvalue weighted by Gasteiger charge is -2.32. The Morgan fingerprint density at radius 3 is 2.25 bits per heavy atom. The highest BCUT2D eigenvalue weighted by Crippen LogP contribution is 2.27. The van der Waals surface area contributed by atoms with Crippen molar-refractivity contribution in [3.05, 3.63) is 60.2 Å². The predicted molar refractivity (Wildman–Crippen MR) is 118 cm³/mol. The standard InChI is InChI=1S/C23H25N3O5S/c1-17(21(27)25-23(16-24)14-6-3-7-15-23)31-22(28)18-10-12-20(13-11-18)32(29,30)26-19-8-4-2-5-9-19/h2,4-5,8-13,17,26H,3,6-7,14-15H2,1H3,(H,25,27). The van der Waals surface area contributed by atoms with Gasteiger partial charge in [-0.25, -0.2) is 13.2 Å². The summed E-state index contributed by atoms with van der Waals surface area (Å²) >= 11 is 0. The number of anilines is 1. The Bertz CT molecular complexity index is 1100. The highest BCUT2D eigenvalue weighted by Gasteiger charge is 2.35. The van der Waals surface area contributed by atoms with Gasteiger partial charge in [-0.2, -0.15) is 5.26 Å². The molecule has 2 aromatic carbocycles. The Balaban J connectivity index is 1.61. The van der Waals surface area contributed by atoms with Crippen LogP contribution in [0.4, 0.5) is 5.69 Å². The third-order valence-electron chi connectivity index (χ3n) is 5.36. The lowest BCUT2D eigenvalue weighted by atomic mass is 9.83. The number of amides is 1. The highest BCUT2D eigenvalue weighted by molar-refractivity contribution is 7.92. The Labute approximate surface area is 187 Å². The third kappa shape index (κ3) is 5.65. The number of hydrogen-bond acceptors (Lipinski definition) is 6. The van der Waals surface area contributed by atoms with Gasteiger partial charge in [0.1, 0.15) is 5.54 Å². The van der Waals surface area contributed by atoms with Gasteiger partial charge in [-0.1, -0.05) is 37.5 Å². The summed E-state index contributed by atoms with van der Waals surface area (Å²) in [6.45, 7) is 1.43. The molecule has 1 amide bonds. The molecule has 0 spiro atoms. The molecule has 1 aliphatic rings. The van der Waals surface area contributed by atoms with Gasteiger partial charge in [0.05, 0.1) is 16.5 Å². The van der Waals surface area contributed by atoms with Crippen LogP contribution in [0.1, 0.15) is 49.4 Å². The van der Waals surface area contributed by atoms with E-state index < -0.39 is 33.5 Å². The van der Waals surface area contributed by atoms with Gasteiger partial charge >= 0.3 is 5.97 Å². The number of benzene rings is 2. The summed E-state index contributed by atoms with van der Waals surface area (Å²) in [5, 5.41) is 12.2. The van der Waals surface area contributed by atoms with Crippen molar-refractivity contribution in [1.29, 1.82) is 5.26 Å². The summed E-state index contributed by atoms with van der Waals surface area (Å²) in [6.07, 6.45) is 2.78. The van der Waals surface area contributed by atoms with Crippen LogP contribution in [0.3, 0.4) is 0 Å². The molecular weight excluding hydrogens is 430 g/mol. The van der Waals surface area contributed by atoms with Gasteiger partial charge in [0.25, 0.3) is 15.9 Å². The molecule has 32 heavy (non-hydrogen) atoms. The van der Waals surface area contributed by atoms with Crippen molar-refractivity contribution < 1.29 is 22.7 Å². The monoisotopic (exact) mass is 455 g/mol. The van der Waals surface area contributed by atoms with E-state index in [1.165, 1.54) is 31.2 Å². The second-order valence-electron chi connectivity index (χ2n) is 7.79. The first kappa shape index (κ1) is 23.3. The van der Waals surface area contributed by atoms with E-state index in [-0.39, 0.29) is 10.5 Å². The number of rotatable bonds is 7. The number of nitrogens with zero attached hydrogens (tertiary/aromatic N) is 1. The zero-order valence-electron chi connectivity index (χ0n) is 17.7. The molecule has 3 rings (SSSR count). The molecule has 1 aliphatic carbocycles. The number of sulfonamides is 1. The van der Waals surface area contributed by atoms with E-state index >= 15 is 0 Å². The molecule has 1 fully saturated rings. The number of nitrogens with one attached hydrogen (secondary N) is 2. The van der Waals surface area contributed by atoms with Gasteiger partial charge in [-0.3, -0.25) is 9.52 Å². The highest BCUT2D eigenvalue weighted by atomic mass is 32.2. The van der Waals surface area contributed by atoms with Crippen LogP contribution < -0.4 is 10.0 Å². The first-order valence-electron chi connectivity index (χ1n) is 10.4. The number of ether oxygens (including phenoxy) is 1. The fourth-order valence-corrected chi connectivity index (χ4v) is 4.59. The molecule has 0 radical (unpaired) electrons. The lowest BCUT2D eigenvalue weighted by Crippen LogP contribution is -2.52. The molecule has 168 valence electrons. The number of para-hydroxylation sites is 1. The fourth-order valence-electron chi connectivity index (χ4n) is 3.53. The van der Waals surface area contributed by atoms with Crippen molar-refractivity contribution in [2.75, 3.05) is 4.72 Å². The lowest BCUT2D eigenvalue weighted by molar-refractivity contribution is -0.130. The van der Waals surface area contributed by atoms with E-state index in [1.807, 2.05) is 0 Å². The molecule has 9 heteroatoms. The minimum Gasteiger partial charge on any atom is -0.449 e. The van der Waals surface area contributed by atoms with Crippen molar-refractivity contribution >= 4 is 27.6 Å². The molecule has 0 aromatic heterocycles. The van der Waals surface area contributed by atoms with E-state index in [0.29, 0.717) is 18.5 Å². The van der Waals surface area contributed by atoms with Gasteiger partial charge in [0, 0.05) is 5.69 Å². The minimum absolute atomic E-state index is 0.0167. The quantitative estimate of drug-likeness (QED) is 0.617. The molecule has 1 unspecified atom stereocenters. The van der Waals surface area contributed by atoms with Crippen LogP contribution in [0.2, 0.25) is 0 Å². The average Bonchev–Trinajstić information content (AvgIpc) is 2.80. The Kier molecular flexibility index (Phi) is 7.15. The van der Waals surface area contributed by atoms with Crippen LogP contribution >= 0.6 is 0 Å². The topological polar surface area (TPSA) is 125 Å². The third-order valence-corrected chi connectivity index (χ3v) is 6.76. The summed E-state index contributed by atoms with van der Waals surface area (Å²) < 4.78 is 32.7. The van der Waals surface area contributed by atoms with Gasteiger partial charge in [0.2, 0.25) is 0 Å². The maximum Gasteiger partial charge on any atom is 0.338 e. The van der Waals surface area contributed by atoms with E-state index in [1.54, 1.807) is 30.3 Å². The molecule has 0 aliphatic heterocycles. The van der Waals surface area contributed by atoms with Gasteiger partial charge in [-0.15, -0.1) is 0 Å². The minimum atomic E-state index is -3.82. The zero-order valence-corrected chi connectivity index (χ0v) is 18.5. The number of carbonyl (C=O) groups excluding carboxylic acids is 2. The Hall–Kier alpha value is -3.38. The van der Waals surface area contributed by atoms with Crippen molar-refractivity contribution in [2.24, 2.45) is 0 Å². The summed E-state index contributed by atoms with van der Waals surface area (Å²) in [4.78, 5) is 24.9. The van der Waals surface area contributed by atoms with Crippen LogP contribution in [0.25, 0.3) is 0 Å². The van der Waals surface area contributed by atoms with Gasteiger partial charge in [-0.05, 0) is 56.2 Å². The van der Waals surface area contributed by atoms with Crippen molar-refractivity contribution in [1.82, 2.24) is 5.32 Å². The summed E-state index contributed by atoms with van der Waals surface area (Å²) in [5.74, 6) is -1.30. The fraction of sp³-hybridized carbons (Fsp3) is 0.348. The number of hydrogen-bond donors (Lipinski definition) is 2. The van der Waals surface area contributed by atoms with E-state index in [4.69, 9.17) is 4.74 Å². The summed E-state index contributed by atoms with van der Waals surface area (Å²) in [6, 6.07) is 15.9. The molecule has 0 heterocycles. The number of carbonyl (C=O) groups is 2. The molecule has 2 aromatic rings. The molecule has 0 bridgehead atoms. The smallest absolute Gasteiger partial charge is 0.338 e. The van der Waals surface area contributed by atoms with Crippen LogP contribution in [-0.4, -0.2) is 31.9 Å². The normalized spacial score (nSPS) is 16.2. The van der Waals surface area contributed by atoms with Gasteiger partial charge < -0.3 is 10.1 Å². The maximum absolute atomic E-state index is 12.5. The van der Waals surface area contributed by atoms with Gasteiger partial charge in [0.15, 0.2) is 6.10 Å². The molecular formula is C23H25N3O5S. The van der Waals surface area contributed by atoms with Crippen LogP contribution in [-0.2, 0) is 19.6 Å². The first-order valence-corrected chi connectivity index (χ1v) is 11.9. The van der Waals surface area contributed by atoms with Crippen LogP contribution in [0, 0.1) is 11.3 Å². The zero-order chi connectivity index (χ0) is 23.2. The number of esters is 1. The van der Waals surface area contributed by atoms with E-state index in [2.05, 4.69) is 16.1 Å². The SMILES string of the molecule is CC(OC(=O)c1ccc(S(=O)(=O)Nc2ccccc2)cc1)C(=O)NC1(C#N)CCCCC1. The van der Waals surface area contributed by atoms with Crippen molar-refractivity contribution in [3.8, 4) is 6.07 Å². The van der Waals surface area contributed by atoms with E-state index in [0.717, 1.165) is 19.3 Å². The summed E-state index contributed by atoms with van der Waals surface area (Å²) in [7, 11) is -3.82. The Morgan fingerprint density at radius 1 is 1.03 bits per heavy atom. The Morgan fingerprint density at radius 2 is 1.66 bits per heavy atom. The largest absolute Gasteiger partial charge is 0.449 e.